The molecule has 0 amide bonds. The molecule has 0 fully saturated rings. The molecule has 0 aliphatic rings. The molecule has 0 aromatic heterocycles. The van der Waals surface area contributed by atoms with E-state index in [1.54, 1.807) is 0 Å². The normalized spacial score (nSPS) is 11.2. The van der Waals surface area contributed by atoms with Crippen molar-refractivity contribution in [2.45, 2.75) is 34.2 Å². The average molecular weight is 220 g/mol. The van der Waals surface area contributed by atoms with E-state index >= 15 is 0 Å². The Morgan fingerprint density at radius 2 is 1.56 bits per heavy atom. The van der Waals surface area contributed by atoms with Crippen LogP contribution in [-0.4, -0.2) is 25.0 Å². The van der Waals surface area contributed by atoms with Gasteiger partial charge in [0.05, 0.1) is 0 Å². The van der Waals surface area contributed by atoms with Gasteiger partial charge in [-0.3, -0.25) is 0 Å². The SMILES string of the molecule is Cc1cc(C)c(C)c(CN(C)CCN)c1C. The van der Waals surface area contributed by atoms with E-state index in [4.69, 9.17) is 5.73 Å². The van der Waals surface area contributed by atoms with Crippen LogP contribution in [0.2, 0.25) is 0 Å². The van der Waals surface area contributed by atoms with Gasteiger partial charge in [0, 0.05) is 19.6 Å². The molecule has 0 aliphatic carbocycles. The van der Waals surface area contributed by atoms with Crippen LogP contribution in [0.3, 0.4) is 0 Å². The molecule has 0 bridgehead atoms. The molecule has 16 heavy (non-hydrogen) atoms. The van der Waals surface area contributed by atoms with E-state index in [9.17, 15) is 0 Å². The second-order valence-electron chi connectivity index (χ2n) is 4.77. The third-order valence-electron chi connectivity index (χ3n) is 3.46. The van der Waals surface area contributed by atoms with Gasteiger partial charge in [0.1, 0.15) is 0 Å². The molecule has 0 saturated heterocycles. The Bertz CT molecular complexity index is 343. The average Bonchev–Trinajstić information content (AvgIpc) is 2.22. The Labute approximate surface area is 99.5 Å². The Kier molecular flexibility index (Phi) is 4.51. The van der Waals surface area contributed by atoms with Gasteiger partial charge in [0.2, 0.25) is 0 Å². The zero-order valence-electron chi connectivity index (χ0n) is 11.2. The summed E-state index contributed by atoms with van der Waals surface area (Å²) in [5.74, 6) is 0. The Balaban J connectivity index is 3.03. The van der Waals surface area contributed by atoms with Gasteiger partial charge in [-0.2, -0.15) is 0 Å². The fraction of sp³-hybridized carbons (Fsp3) is 0.571. The van der Waals surface area contributed by atoms with E-state index in [0.29, 0.717) is 0 Å². The molecule has 0 spiro atoms. The lowest BCUT2D eigenvalue weighted by molar-refractivity contribution is 0.335. The summed E-state index contributed by atoms with van der Waals surface area (Å²) in [5, 5.41) is 0. The Hall–Kier alpha value is -0.860. The number of rotatable bonds is 4. The molecule has 0 saturated carbocycles. The van der Waals surface area contributed by atoms with Crippen LogP contribution in [-0.2, 0) is 6.54 Å². The molecular formula is C14H24N2. The van der Waals surface area contributed by atoms with Crippen LogP contribution in [0.15, 0.2) is 6.07 Å². The standard InChI is InChI=1S/C14H24N2/c1-10-8-11(2)13(4)14(12(10)3)9-16(5)7-6-15/h8H,6-7,9,15H2,1-5H3. The van der Waals surface area contributed by atoms with E-state index in [-0.39, 0.29) is 0 Å². The van der Waals surface area contributed by atoms with Crippen LogP contribution in [0.1, 0.15) is 27.8 Å². The van der Waals surface area contributed by atoms with Crippen molar-refractivity contribution in [2.24, 2.45) is 5.73 Å². The molecule has 0 aliphatic heterocycles. The fourth-order valence-electron chi connectivity index (χ4n) is 2.11. The molecule has 0 radical (unpaired) electrons. The highest BCUT2D eigenvalue weighted by atomic mass is 15.1. The molecule has 1 aromatic carbocycles. The molecule has 2 nitrogen and oxygen atoms in total. The van der Waals surface area contributed by atoms with Crippen molar-refractivity contribution in [3.05, 3.63) is 33.9 Å². The van der Waals surface area contributed by atoms with Crippen molar-refractivity contribution in [3.63, 3.8) is 0 Å². The van der Waals surface area contributed by atoms with Gasteiger partial charge in [0.25, 0.3) is 0 Å². The molecule has 2 heteroatoms. The van der Waals surface area contributed by atoms with Gasteiger partial charge in [-0.05, 0) is 62.6 Å². The van der Waals surface area contributed by atoms with E-state index in [1.807, 2.05) is 0 Å². The highest BCUT2D eigenvalue weighted by molar-refractivity contribution is 5.43. The topological polar surface area (TPSA) is 29.3 Å². The maximum Gasteiger partial charge on any atom is 0.0236 e. The molecule has 0 heterocycles. The largest absolute Gasteiger partial charge is 0.329 e. The minimum Gasteiger partial charge on any atom is -0.329 e. The first-order valence-corrected chi connectivity index (χ1v) is 5.92. The van der Waals surface area contributed by atoms with Crippen LogP contribution in [0.25, 0.3) is 0 Å². The molecule has 1 rings (SSSR count). The van der Waals surface area contributed by atoms with Crippen LogP contribution < -0.4 is 5.73 Å². The molecule has 2 N–H and O–H groups in total. The highest BCUT2D eigenvalue weighted by Crippen LogP contribution is 2.22. The third-order valence-corrected chi connectivity index (χ3v) is 3.46. The minimum atomic E-state index is 0.722. The first-order valence-electron chi connectivity index (χ1n) is 5.92. The highest BCUT2D eigenvalue weighted by Gasteiger charge is 2.09. The van der Waals surface area contributed by atoms with Gasteiger partial charge in [0.15, 0.2) is 0 Å². The summed E-state index contributed by atoms with van der Waals surface area (Å²) in [6.07, 6.45) is 0. The molecule has 0 unspecified atom stereocenters. The van der Waals surface area contributed by atoms with Crippen molar-refractivity contribution in [3.8, 4) is 0 Å². The predicted molar refractivity (Wildman–Crippen MR) is 70.8 cm³/mol. The van der Waals surface area contributed by atoms with Crippen molar-refractivity contribution in [2.75, 3.05) is 20.1 Å². The van der Waals surface area contributed by atoms with E-state index in [0.717, 1.165) is 19.6 Å². The lowest BCUT2D eigenvalue weighted by Crippen LogP contribution is -2.26. The summed E-state index contributed by atoms with van der Waals surface area (Å²) in [6.45, 7) is 11.5. The van der Waals surface area contributed by atoms with Gasteiger partial charge < -0.3 is 10.6 Å². The van der Waals surface area contributed by atoms with Gasteiger partial charge in [-0.1, -0.05) is 6.07 Å². The zero-order chi connectivity index (χ0) is 12.3. The van der Waals surface area contributed by atoms with E-state index < -0.39 is 0 Å². The number of likely N-dealkylation sites (N-methyl/N-ethyl adjacent to an activating group) is 1. The van der Waals surface area contributed by atoms with Crippen molar-refractivity contribution < 1.29 is 0 Å². The lowest BCUT2D eigenvalue weighted by Gasteiger charge is -2.21. The van der Waals surface area contributed by atoms with E-state index in [1.165, 1.54) is 27.8 Å². The van der Waals surface area contributed by atoms with E-state index in [2.05, 4.69) is 45.7 Å². The summed E-state index contributed by atoms with van der Waals surface area (Å²) >= 11 is 0. The summed E-state index contributed by atoms with van der Waals surface area (Å²) in [5.41, 5.74) is 12.7. The zero-order valence-corrected chi connectivity index (χ0v) is 11.2. The third kappa shape index (κ3) is 2.83. The maximum atomic E-state index is 5.58. The minimum absolute atomic E-state index is 0.722. The summed E-state index contributed by atoms with van der Waals surface area (Å²) < 4.78 is 0. The summed E-state index contributed by atoms with van der Waals surface area (Å²) in [6, 6.07) is 2.27. The molecule has 0 atom stereocenters. The molecule has 1 aromatic rings. The fourth-order valence-corrected chi connectivity index (χ4v) is 2.11. The van der Waals surface area contributed by atoms with Crippen LogP contribution in [0, 0.1) is 27.7 Å². The quantitative estimate of drug-likeness (QED) is 0.843. The number of benzene rings is 1. The second kappa shape index (κ2) is 5.46. The molecule has 90 valence electrons. The molecular weight excluding hydrogens is 196 g/mol. The monoisotopic (exact) mass is 220 g/mol. The Morgan fingerprint density at radius 3 is 2.00 bits per heavy atom. The maximum absolute atomic E-state index is 5.58. The van der Waals surface area contributed by atoms with Gasteiger partial charge in [-0.15, -0.1) is 0 Å². The van der Waals surface area contributed by atoms with Crippen molar-refractivity contribution in [1.82, 2.24) is 4.90 Å². The van der Waals surface area contributed by atoms with Gasteiger partial charge >= 0.3 is 0 Å². The number of hydrogen-bond donors (Lipinski definition) is 1. The summed E-state index contributed by atoms with van der Waals surface area (Å²) in [7, 11) is 2.13. The lowest BCUT2D eigenvalue weighted by atomic mass is 9.94. The number of nitrogens with zero attached hydrogens (tertiary/aromatic N) is 1. The predicted octanol–water partition coefficient (Wildman–Crippen LogP) is 2.31. The van der Waals surface area contributed by atoms with Gasteiger partial charge in [-0.25, -0.2) is 0 Å². The van der Waals surface area contributed by atoms with Crippen LogP contribution >= 0.6 is 0 Å². The number of aryl methyl sites for hydroxylation is 2. The second-order valence-corrected chi connectivity index (χ2v) is 4.77. The van der Waals surface area contributed by atoms with Crippen molar-refractivity contribution in [1.29, 1.82) is 0 Å². The number of nitrogens with two attached hydrogens (primary N) is 1. The Morgan fingerprint density at radius 1 is 1.06 bits per heavy atom. The van der Waals surface area contributed by atoms with Crippen LogP contribution in [0.5, 0.6) is 0 Å². The first-order chi connectivity index (χ1) is 7.47. The first kappa shape index (κ1) is 13.2. The van der Waals surface area contributed by atoms with Crippen LogP contribution in [0.4, 0.5) is 0 Å². The summed E-state index contributed by atoms with van der Waals surface area (Å²) in [4.78, 5) is 2.29. The van der Waals surface area contributed by atoms with Crippen molar-refractivity contribution >= 4 is 0 Å². The number of hydrogen-bond acceptors (Lipinski definition) is 2. The smallest absolute Gasteiger partial charge is 0.0236 e.